The molecule has 2 heterocycles. The number of halogens is 3. The molecule has 5 rings (SSSR count). The van der Waals surface area contributed by atoms with Gasteiger partial charge < -0.3 is 5.11 Å². The van der Waals surface area contributed by atoms with E-state index in [9.17, 15) is 27.9 Å². The number of hydrogen-bond donors (Lipinski definition) is 1. The highest BCUT2D eigenvalue weighted by Gasteiger charge is 2.48. The van der Waals surface area contributed by atoms with E-state index in [4.69, 9.17) is 0 Å². The van der Waals surface area contributed by atoms with Crippen LogP contribution in [0.3, 0.4) is 0 Å². The second-order valence-corrected chi connectivity index (χ2v) is 8.35. The molecule has 0 bridgehead atoms. The number of Topliss-reactive ketones (excluding diaryl/α,β-unsaturated/α-hetero) is 1. The van der Waals surface area contributed by atoms with Gasteiger partial charge in [0.1, 0.15) is 23.2 Å². The van der Waals surface area contributed by atoms with Crippen molar-refractivity contribution >= 4 is 44.1 Å². The molecule has 33 heavy (non-hydrogen) atoms. The summed E-state index contributed by atoms with van der Waals surface area (Å²) < 4.78 is 41.6. The van der Waals surface area contributed by atoms with Crippen LogP contribution < -0.4 is 4.90 Å². The van der Waals surface area contributed by atoms with Gasteiger partial charge in [-0.25, -0.2) is 18.2 Å². The number of nitrogens with zero attached hydrogens (tertiary/aromatic N) is 2. The van der Waals surface area contributed by atoms with Crippen LogP contribution in [-0.2, 0) is 9.59 Å². The largest absolute Gasteiger partial charge is 0.507 e. The molecular formula is C24H13F3N2O3S. The Morgan fingerprint density at radius 1 is 0.909 bits per heavy atom. The molecule has 1 aliphatic heterocycles. The highest BCUT2D eigenvalue weighted by atomic mass is 32.1. The second-order valence-electron chi connectivity index (χ2n) is 7.34. The topological polar surface area (TPSA) is 70.5 Å². The zero-order valence-electron chi connectivity index (χ0n) is 16.6. The van der Waals surface area contributed by atoms with Crippen LogP contribution in [0.5, 0.6) is 0 Å². The Hall–Kier alpha value is -3.98. The van der Waals surface area contributed by atoms with E-state index in [2.05, 4.69) is 4.98 Å². The Balaban J connectivity index is 1.74. The molecule has 9 heteroatoms. The fraction of sp³-hybridized carbons (Fsp3) is 0.0417. The average Bonchev–Trinajstić information content (AvgIpc) is 3.32. The number of carbonyl (C=O) groups excluding carboxylic acids is 2. The zero-order chi connectivity index (χ0) is 23.3. The van der Waals surface area contributed by atoms with Gasteiger partial charge in [0.05, 0.1) is 21.8 Å². The molecule has 0 saturated carbocycles. The van der Waals surface area contributed by atoms with Crippen LogP contribution >= 0.6 is 11.3 Å². The summed E-state index contributed by atoms with van der Waals surface area (Å²) in [6, 6.07) is 12.7. The normalized spacial score (nSPS) is 17.8. The van der Waals surface area contributed by atoms with Crippen LogP contribution in [0.1, 0.15) is 17.2 Å². The van der Waals surface area contributed by atoms with Gasteiger partial charge in [0, 0.05) is 5.56 Å². The van der Waals surface area contributed by atoms with Gasteiger partial charge in [-0.1, -0.05) is 23.5 Å². The first-order chi connectivity index (χ1) is 15.8. The molecule has 164 valence electrons. The first kappa shape index (κ1) is 20.9. The molecule has 5 nitrogen and oxygen atoms in total. The lowest BCUT2D eigenvalue weighted by Crippen LogP contribution is -2.29. The van der Waals surface area contributed by atoms with E-state index >= 15 is 0 Å². The zero-order valence-corrected chi connectivity index (χ0v) is 17.4. The molecular weight excluding hydrogens is 453 g/mol. The van der Waals surface area contributed by atoms with Crippen molar-refractivity contribution in [3.8, 4) is 0 Å². The minimum Gasteiger partial charge on any atom is -0.507 e. The van der Waals surface area contributed by atoms with E-state index in [1.165, 1.54) is 48.5 Å². The number of fused-ring (bicyclic) bond motifs is 1. The van der Waals surface area contributed by atoms with Crippen molar-refractivity contribution < 1.29 is 27.9 Å². The number of ketones is 1. The lowest BCUT2D eigenvalue weighted by Gasteiger charge is -2.23. The first-order valence-electron chi connectivity index (χ1n) is 9.72. The SMILES string of the molecule is O=C1C(=O)N(c2nc3ccc(F)cc3s2)[C@@H](c2cccc(F)c2)/C1=C(\O)c1ccc(F)cc1. The number of aliphatic hydroxyl groups is 1. The summed E-state index contributed by atoms with van der Waals surface area (Å²) in [6.07, 6.45) is 0. The number of thiazole rings is 1. The van der Waals surface area contributed by atoms with Crippen molar-refractivity contribution in [1.82, 2.24) is 4.98 Å². The maximum Gasteiger partial charge on any atom is 0.301 e. The minimum absolute atomic E-state index is 0.0881. The molecule has 1 aliphatic rings. The predicted molar refractivity (Wildman–Crippen MR) is 117 cm³/mol. The Morgan fingerprint density at radius 3 is 2.33 bits per heavy atom. The molecule has 1 amide bonds. The van der Waals surface area contributed by atoms with E-state index in [1.807, 2.05) is 0 Å². The van der Waals surface area contributed by atoms with Crippen LogP contribution in [0.25, 0.3) is 16.0 Å². The van der Waals surface area contributed by atoms with Crippen LogP contribution in [-0.4, -0.2) is 21.8 Å². The second kappa shape index (κ2) is 7.86. The summed E-state index contributed by atoms with van der Waals surface area (Å²) in [7, 11) is 0. The van der Waals surface area contributed by atoms with E-state index in [0.29, 0.717) is 10.2 Å². The predicted octanol–water partition coefficient (Wildman–Crippen LogP) is 5.34. The van der Waals surface area contributed by atoms with Gasteiger partial charge in [-0.05, 0) is 60.2 Å². The number of amides is 1. The van der Waals surface area contributed by atoms with Gasteiger partial charge in [-0.2, -0.15) is 0 Å². The Bertz CT molecular complexity index is 1460. The minimum atomic E-state index is -1.20. The fourth-order valence-electron chi connectivity index (χ4n) is 3.77. The number of benzene rings is 3. The first-order valence-corrected chi connectivity index (χ1v) is 10.5. The lowest BCUT2D eigenvalue weighted by atomic mass is 9.95. The van der Waals surface area contributed by atoms with Crippen molar-refractivity contribution in [3.05, 3.63) is 101 Å². The van der Waals surface area contributed by atoms with Crippen molar-refractivity contribution in [2.24, 2.45) is 0 Å². The molecule has 1 saturated heterocycles. The molecule has 1 aromatic heterocycles. The third-order valence-electron chi connectivity index (χ3n) is 5.27. The highest BCUT2D eigenvalue weighted by molar-refractivity contribution is 7.22. The lowest BCUT2D eigenvalue weighted by molar-refractivity contribution is -0.132. The van der Waals surface area contributed by atoms with Gasteiger partial charge in [-0.15, -0.1) is 0 Å². The van der Waals surface area contributed by atoms with Gasteiger partial charge in [-0.3, -0.25) is 14.5 Å². The summed E-state index contributed by atoms with van der Waals surface area (Å²) in [5, 5.41) is 11.0. The van der Waals surface area contributed by atoms with Gasteiger partial charge in [0.2, 0.25) is 0 Å². The van der Waals surface area contributed by atoms with Gasteiger partial charge in [0.15, 0.2) is 5.13 Å². The molecule has 4 aromatic rings. The third kappa shape index (κ3) is 3.56. The highest BCUT2D eigenvalue weighted by Crippen LogP contribution is 2.44. The Morgan fingerprint density at radius 2 is 1.61 bits per heavy atom. The Labute approximate surface area is 189 Å². The monoisotopic (exact) mass is 466 g/mol. The summed E-state index contributed by atoms with van der Waals surface area (Å²) in [6.45, 7) is 0. The molecule has 1 N–H and O–H groups in total. The fourth-order valence-corrected chi connectivity index (χ4v) is 4.79. The smallest absolute Gasteiger partial charge is 0.301 e. The number of aliphatic hydroxyl groups excluding tert-OH is 1. The van der Waals surface area contributed by atoms with Crippen LogP contribution in [0.4, 0.5) is 18.3 Å². The molecule has 3 aromatic carbocycles. The number of rotatable bonds is 3. The number of anilines is 1. The van der Waals surface area contributed by atoms with Gasteiger partial charge >= 0.3 is 5.91 Å². The maximum absolute atomic E-state index is 14.1. The third-order valence-corrected chi connectivity index (χ3v) is 6.29. The molecule has 0 aliphatic carbocycles. The van der Waals surface area contributed by atoms with Gasteiger partial charge in [0.25, 0.3) is 5.78 Å². The summed E-state index contributed by atoms with van der Waals surface area (Å²) in [4.78, 5) is 31.6. The van der Waals surface area contributed by atoms with E-state index < -0.39 is 40.9 Å². The number of carbonyl (C=O) groups is 2. The molecule has 0 unspecified atom stereocenters. The van der Waals surface area contributed by atoms with Crippen LogP contribution in [0.2, 0.25) is 0 Å². The molecule has 0 spiro atoms. The van der Waals surface area contributed by atoms with Crippen LogP contribution in [0, 0.1) is 17.5 Å². The van der Waals surface area contributed by atoms with Crippen molar-refractivity contribution in [2.45, 2.75) is 6.04 Å². The standard InChI is InChI=1S/C24H13F3N2O3S/c25-14-6-4-12(5-7-14)21(30)19-20(13-2-1-3-15(26)10-13)29(23(32)22(19)31)24-28-17-9-8-16(27)11-18(17)33-24/h1-11,20,30H/b21-19+/t20-/m0/s1. The van der Waals surface area contributed by atoms with Crippen molar-refractivity contribution in [1.29, 1.82) is 0 Å². The summed E-state index contributed by atoms with van der Waals surface area (Å²) >= 11 is 0.983. The quantitative estimate of drug-likeness (QED) is 0.251. The average molecular weight is 466 g/mol. The number of hydrogen-bond acceptors (Lipinski definition) is 5. The van der Waals surface area contributed by atoms with E-state index in [0.717, 1.165) is 34.4 Å². The molecule has 0 radical (unpaired) electrons. The van der Waals surface area contributed by atoms with E-state index in [-0.39, 0.29) is 21.8 Å². The molecule has 1 atom stereocenters. The summed E-state index contributed by atoms with van der Waals surface area (Å²) in [5.41, 5.74) is 0.461. The molecule has 1 fully saturated rings. The maximum atomic E-state index is 14.1. The van der Waals surface area contributed by atoms with Crippen molar-refractivity contribution in [2.75, 3.05) is 4.90 Å². The van der Waals surface area contributed by atoms with Crippen molar-refractivity contribution in [3.63, 3.8) is 0 Å². The van der Waals surface area contributed by atoms with Crippen LogP contribution in [0.15, 0.2) is 72.3 Å². The van der Waals surface area contributed by atoms with E-state index in [1.54, 1.807) is 0 Å². The Kier molecular flexibility index (Phi) is 4.98. The number of aromatic nitrogens is 1. The summed E-state index contributed by atoms with van der Waals surface area (Å²) in [5.74, 6) is -4.15.